The average Bonchev–Trinajstić information content (AvgIpc) is 2.84. The fraction of sp³-hybridized carbons (Fsp3) is 0.143. The molecule has 22 heavy (non-hydrogen) atoms. The van der Waals surface area contributed by atoms with Crippen LogP contribution in [0.5, 0.6) is 0 Å². The van der Waals surface area contributed by atoms with E-state index in [1.54, 1.807) is 19.1 Å². The minimum atomic E-state index is -0.493. The summed E-state index contributed by atoms with van der Waals surface area (Å²) in [4.78, 5) is 33.6. The molecule has 0 atom stereocenters. The highest BCUT2D eigenvalue weighted by atomic mass is 35.5. The maximum atomic E-state index is 12.5. The monoisotopic (exact) mass is 334 g/mol. The zero-order valence-electron chi connectivity index (χ0n) is 11.8. The van der Waals surface area contributed by atoms with Crippen LogP contribution in [-0.2, 0) is 0 Å². The summed E-state index contributed by atoms with van der Waals surface area (Å²) in [5, 5.41) is 4.51. The third kappa shape index (κ3) is 2.38. The van der Waals surface area contributed by atoms with Gasteiger partial charge in [-0.2, -0.15) is 0 Å². The Bertz CT molecular complexity index is 948. The lowest BCUT2D eigenvalue weighted by atomic mass is 10.2. The third-order valence-corrected chi connectivity index (χ3v) is 4.41. The molecule has 0 aliphatic rings. The van der Waals surface area contributed by atoms with Crippen molar-refractivity contribution in [3.8, 4) is 0 Å². The van der Waals surface area contributed by atoms with E-state index < -0.39 is 5.91 Å². The van der Waals surface area contributed by atoms with Gasteiger partial charge in [0.15, 0.2) is 4.96 Å². The van der Waals surface area contributed by atoms with Crippen LogP contribution in [0.25, 0.3) is 4.96 Å². The van der Waals surface area contributed by atoms with Gasteiger partial charge in [0.1, 0.15) is 10.8 Å². The van der Waals surface area contributed by atoms with Crippen molar-refractivity contribution in [2.24, 2.45) is 0 Å². The number of aryl methyl sites for hydroxylation is 2. The number of nitrogens with one attached hydrogen (secondary N) is 1. The molecule has 3 heterocycles. The smallest absolute Gasteiger partial charge is 0.282 e. The molecule has 8 heteroatoms. The largest absolute Gasteiger partial charge is 0.316 e. The SMILES string of the molecule is Cc1nc2scc(C)n2c(=O)c1NC(=O)c1cccnc1Cl. The summed E-state index contributed by atoms with van der Waals surface area (Å²) < 4.78 is 1.47. The number of thiazole rings is 1. The predicted octanol–water partition coefficient (Wildman–Crippen LogP) is 2.67. The Morgan fingerprint density at radius 3 is 2.91 bits per heavy atom. The van der Waals surface area contributed by atoms with Crippen LogP contribution in [0.2, 0.25) is 5.15 Å². The number of hydrogen-bond donors (Lipinski definition) is 1. The van der Waals surface area contributed by atoms with Gasteiger partial charge >= 0.3 is 0 Å². The molecule has 6 nitrogen and oxygen atoms in total. The third-order valence-electron chi connectivity index (χ3n) is 3.16. The zero-order chi connectivity index (χ0) is 15.9. The Morgan fingerprint density at radius 2 is 2.18 bits per heavy atom. The minimum Gasteiger partial charge on any atom is -0.316 e. The zero-order valence-corrected chi connectivity index (χ0v) is 13.3. The molecule has 0 radical (unpaired) electrons. The number of rotatable bonds is 2. The molecule has 0 saturated heterocycles. The van der Waals surface area contributed by atoms with Crippen LogP contribution in [0.3, 0.4) is 0 Å². The Balaban J connectivity index is 2.08. The quantitative estimate of drug-likeness (QED) is 0.731. The molecule has 0 fully saturated rings. The van der Waals surface area contributed by atoms with Gasteiger partial charge in [0.05, 0.1) is 11.3 Å². The molecular formula is C14H11ClN4O2S. The molecule has 3 rings (SSSR count). The summed E-state index contributed by atoms with van der Waals surface area (Å²) in [6.45, 7) is 3.49. The summed E-state index contributed by atoms with van der Waals surface area (Å²) in [5.41, 5.74) is 1.27. The first-order valence-electron chi connectivity index (χ1n) is 6.38. The number of nitrogens with zero attached hydrogens (tertiary/aromatic N) is 3. The number of amides is 1. The van der Waals surface area contributed by atoms with Crippen LogP contribution in [-0.4, -0.2) is 20.3 Å². The summed E-state index contributed by atoms with van der Waals surface area (Å²) >= 11 is 7.28. The molecule has 1 N–H and O–H groups in total. The van der Waals surface area contributed by atoms with Crippen LogP contribution < -0.4 is 10.9 Å². The summed E-state index contributed by atoms with van der Waals surface area (Å²) in [6, 6.07) is 3.14. The normalized spacial score (nSPS) is 10.9. The van der Waals surface area contributed by atoms with Gasteiger partial charge in [-0.05, 0) is 26.0 Å². The first-order valence-corrected chi connectivity index (χ1v) is 7.64. The molecule has 0 aliphatic heterocycles. The van der Waals surface area contributed by atoms with E-state index in [1.807, 2.05) is 12.3 Å². The Labute approximate surface area is 134 Å². The van der Waals surface area contributed by atoms with E-state index in [4.69, 9.17) is 11.6 Å². The molecule has 0 bridgehead atoms. The number of anilines is 1. The van der Waals surface area contributed by atoms with Gasteiger partial charge in [-0.3, -0.25) is 14.0 Å². The lowest BCUT2D eigenvalue weighted by Gasteiger charge is -2.08. The lowest BCUT2D eigenvalue weighted by Crippen LogP contribution is -2.25. The van der Waals surface area contributed by atoms with E-state index in [-0.39, 0.29) is 22.0 Å². The van der Waals surface area contributed by atoms with Gasteiger partial charge < -0.3 is 5.32 Å². The van der Waals surface area contributed by atoms with Crippen molar-refractivity contribution in [2.45, 2.75) is 13.8 Å². The molecule has 0 unspecified atom stereocenters. The van der Waals surface area contributed by atoms with Crippen molar-refractivity contribution < 1.29 is 4.79 Å². The molecule has 0 aromatic carbocycles. The van der Waals surface area contributed by atoms with Crippen molar-refractivity contribution in [3.63, 3.8) is 0 Å². The Morgan fingerprint density at radius 1 is 1.41 bits per heavy atom. The maximum absolute atomic E-state index is 12.5. The van der Waals surface area contributed by atoms with Crippen molar-refractivity contribution in [2.75, 3.05) is 5.32 Å². The topological polar surface area (TPSA) is 76.4 Å². The molecule has 0 saturated carbocycles. The van der Waals surface area contributed by atoms with Crippen LogP contribution in [0.15, 0.2) is 28.5 Å². The van der Waals surface area contributed by atoms with E-state index in [1.165, 1.54) is 21.9 Å². The van der Waals surface area contributed by atoms with Crippen LogP contribution in [0.1, 0.15) is 21.7 Å². The number of pyridine rings is 1. The highest BCUT2D eigenvalue weighted by Crippen LogP contribution is 2.18. The van der Waals surface area contributed by atoms with E-state index in [9.17, 15) is 9.59 Å². The van der Waals surface area contributed by atoms with Crippen LogP contribution in [0.4, 0.5) is 5.69 Å². The fourth-order valence-electron chi connectivity index (χ4n) is 2.06. The fourth-order valence-corrected chi connectivity index (χ4v) is 3.17. The molecule has 112 valence electrons. The van der Waals surface area contributed by atoms with Gasteiger partial charge in [-0.1, -0.05) is 11.6 Å². The Kier molecular flexibility index (Phi) is 3.67. The van der Waals surface area contributed by atoms with Crippen LogP contribution in [0, 0.1) is 13.8 Å². The lowest BCUT2D eigenvalue weighted by molar-refractivity contribution is 0.102. The molecule has 0 aliphatic carbocycles. The van der Waals surface area contributed by atoms with Crippen molar-refractivity contribution >= 4 is 39.5 Å². The van der Waals surface area contributed by atoms with Gasteiger partial charge in [-0.15, -0.1) is 11.3 Å². The van der Waals surface area contributed by atoms with Crippen molar-refractivity contribution in [1.29, 1.82) is 0 Å². The standard InChI is InChI=1S/C14H11ClN4O2S/c1-7-6-22-14-17-8(2)10(13(21)19(7)14)18-12(20)9-4-3-5-16-11(9)15/h3-6H,1-2H3,(H,18,20). The van der Waals surface area contributed by atoms with E-state index in [0.29, 0.717) is 10.7 Å². The van der Waals surface area contributed by atoms with E-state index in [0.717, 1.165) is 5.69 Å². The summed E-state index contributed by atoms with van der Waals surface area (Å²) in [6.07, 6.45) is 1.49. The van der Waals surface area contributed by atoms with Crippen molar-refractivity contribution in [1.82, 2.24) is 14.4 Å². The van der Waals surface area contributed by atoms with Gasteiger partial charge in [0.25, 0.3) is 11.5 Å². The van der Waals surface area contributed by atoms with Gasteiger partial charge in [-0.25, -0.2) is 9.97 Å². The second-order valence-electron chi connectivity index (χ2n) is 4.67. The Hall–Kier alpha value is -2.25. The predicted molar refractivity (Wildman–Crippen MR) is 86.0 cm³/mol. The first kappa shape index (κ1) is 14.7. The highest BCUT2D eigenvalue weighted by molar-refractivity contribution is 7.15. The number of fused-ring (bicyclic) bond motifs is 1. The molecule has 3 aromatic heterocycles. The molecular weight excluding hydrogens is 324 g/mol. The second-order valence-corrected chi connectivity index (χ2v) is 5.86. The molecule has 3 aromatic rings. The number of carbonyl (C=O) groups is 1. The minimum absolute atomic E-state index is 0.0820. The average molecular weight is 335 g/mol. The maximum Gasteiger partial charge on any atom is 0.282 e. The molecule has 1 amide bonds. The van der Waals surface area contributed by atoms with Gasteiger partial charge in [0, 0.05) is 17.3 Å². The van der Waals surface area contributed by atoms with Gasteiger partial charge in [0.2, 0.25) is 0 Å². The number of aromatic nitrogens is 3. The summed E-state index contributed by atoms with van der Waals surface area (Å²) in [5.74, 6) is -0.493. The number of halogens is 1. The second kappa shape index (κ2) is 5.51. The van der Waals surface area contributed by atoms with E-state index >= 15 is 0 Å². The molecule has 0 spiro atoms. The summed E-state index contributed by atoms with van der Waals surface area (Å²) in [7, 11) is 0. The first-order chi connectivity index (χ1) is 10.5. The van der Waals surface area contributed by atoms with Crippen LogP contribution >= 0.6 is 22.9 Å². The number of hydrogen-bond acceptors (Lipinski definition) is 5. The van der Waals surface area contributed by atoms with Crippen molar-refractivity contribution in [3.05, 3.63) is 56.2 Å². The van der Waals surface area contributed by atoms with E-state index in [2.05, 4.69) is 15.3 Å². The highest BCUT2D eigenvalue weighted by Gasteiger charge is 2.17. The number of carbonyl (C=O) groups excluding carboxylic acids is 1.